The Morgan fingerprint density at radius 1 is 1.04 bits per heavy atom. The molecule has 2 unspecified atom stereocenters. The minimum atomic E-state index is -0.639. The van der Waals surface area contributed by atoms with Crippen LogP contribution in [-0.2, 0) is 0 Å². The number of carbonyl (C=O) groups excluding carboxylic acids is 1. The molecule has 2 aliphatic rings. The fourth-order valence-corrected chi connectivity index (χ4v) is 3.78. The van der Waals surface area contributed by atoms with E-state index < -0.39 is 5.24 Å². The van der Waals surface area contributed by atoms with Gasteiger partial charge in [-0.25, -0.2) is 0 Å². The molecule has 2 rings (SSSR count). The van der Waals surface area contributed by atoms with Crippen LogP contribution in [0.4, 0.5) is 4.79 Å². The second-order valence-electron chi connectivity index (χ2n) is 7.21. The molecule has 8 heteroatoms. The maximum Gasteiger partial charge on any atom is 1.00 e. The molecular formula is C18H36N3NaO2S2. The van der Waals surface area contributed by atoms with Crippen LogP contribution in [0.25, 0.3) is 0 Å². The number of rotatable bonds is 3. The van der Waals surface area contributed by atoms with Crippen LogP contribution in [0.5, 0.6) is 0 Å². The van der Waals surface area contributed by atoms with Crippen LogP contribution in [0.15, 0.2) is 0 Å². The van der Waals surface area contributed by atoms with Crippen molar-refractivity contribution in [3.05, 3.63) is 0 Å². The van der Waals surface area contributed by atoms with Crippen molar-refractivity contribution < 1.29 is 39.5 Å². The molecule has 0 heterocycles. The van der Waals surface area contributed by atoms with Crippen molar-refractivity contribution in [1.82, 2.24) is 5.32 Å². The van der Waals surface area contributed by atoms with Crippen LogP contribution in [0.1, 0.15) is 78.1 Å². The first-order chi connectivity index (χ1) is 11.7. The summed E-state index contributed by atoms with van der Waals surface area (Å²) in [6.07, 6.45) is 13.5. The average molecular weight is 414 g/mol. The molecule has 0 spiro atoms. The van der Waals surface area contributed by atoms with Gasteiger partial charge in [0.25, 0.3) is 5.24 Å². The monoisotopic (exact) mass is 413 g/mol. The molecule has 0 aromatic heterocycles. The van der Waals surface area contributed by atoms with E-state index in [2.05, 4.69) is 49.7 Å². The van der Waals surface area contributed by atoms with Gasteiger partial charge in [-0.2, -0.15) is 0 Å². The van der Waals surface area contributed by atoms with E-state index in [0.29, 0.717) is 12.0 Å². The van der Waals surface area contributed by atoms with Crippen molar-refractivity contribution in [2.75, 3.05) is 0 Å². The van der Waals surface area contributed by atoms with E-state index in [4.69, 9.17) is 10.5 Å². The topological polar surface area (TPSA) is 104 Å². The Morgan fingerprint density at radius 2 is 1.38 bits per heavy atom. The number of nitrogens with one attached hydrogen (secondary N) is 1. The van der Waals surface area contributed by atoms with E-state index in [0.717, 1.165) is 5.92 Å². The molecular weight excluding hydrogens is 377 g/mol. The van der Waals surface area contributed by atoms with Gasteiger partial charge in [-0.15, -0.1) is 0 Å². The third kappa shape index (κ3) is 16.6. The number of hydrogen-bond donors (Lipinski definition) is 4. The molecule has 1 amide bonds. The zero-order valence-electron chi connectivity index (χ0n) is 16.7. The molecule has 0 aromatic rings. The fourth-order valence-electron chi connectivity index (χ4n) is 3.60. The second-order valence-corrected chi connectivity index (χ2v) is 8.03. The van der Waals surface area contributed by atoms with Gasteiger partial charge in [0, 0.05) is 17.3 Å². The van der Waals surface area contributed by atoms with Crippen LogP contribution >= 0.6 is 24.8 Å². The molecule has 2 saturated carbocycles. The Morgan fingerprint density at radius 3 is 1.65 bits per heavy atom. The van der Waals surface area contributed by atoms with Crippen LogP contribution in [0.3, 0.4) is 0 Å². The summed E-state index contributed by atoms with van der Waals surface area (Å²) < 4.78 is 0. The number of primary amides is 1. The van der Waals surface area contributed by atoms with Crippen LogP contribution in [-0.4, -0.2) is 22.5 Å². The molecule has 2 fully saturated rings. The van der Waals surface area contributed by atoms with Gasteiger partial charge in [-0.1, -0.05) is 63.4 Å². The molecule has 5 nitrogen and oxygen atoms in total. The van der Waals surface area contributed by atoms with E-state index in [9.17, 15) is 5.11 Å². The van der Waals surface area contributed by atoms with Gasteiger partial charge in [0.15, 0.2) is 0 Å². The Hall–Kier alpha value is 0.470. The first kappa shape index (κ1) is 28.7. The molecule has 0 saturated heterocycles. The quantitative estimate of drug-likeness (QED) is 0.299. The maximum absolute atomic E-state index is 10.6. The van der Waals surface area contributed by atoms with Crippen molar-refractivity contribution in [2.45, 2.75) is 90.1 Å². The Bertz CT molecular complexity index is 371. The fraction of sp³-hybridized carbons (Fsp3) is 0.889. The Labute approximate surface area is 192 Å². The molecule has 5 N–H and O–H groups in total. The van der Waals surface area contributed by atoms with Crippen molar-refractivity contribution in [2.24, 2.45) is 23.3 Å². The summed E-state index contributed by atoms with van der Waals surface area (Å²) in [5.41, 5.74) is 10.1. The van der Waals surface area contributed by atoms with Gasteiger partial charge in [0.05, 0.1) is 0 Å². The van der Waals surface area contributed by atoms with Gasteiger partial charge in [-0.05, 0) is 51.4 Å². The smallest absolute Gasteiger partial charge is 0.852 e. The first-order valence-electron chi connectivity index (χ1n) is 9.45. The summed E-state index contributed by atoms with van der Waals surface area (Å²) in [6, 6.07) is 0.709. The van der Waals surface area contributed by atoms with Crippen LogP contribution < -0.4 is 51.4 Å². The molecule has 2 aliphatic carbocycles. The third-order valence-electron chi connectivity index (χ3n) is 5.10. The van der Waals surface area contributed by atoms with E-state index in [-0.39, 0.29) is 40.8 Å². The van der Waals surface area contributed by atoms with Crippen LogP contribution in [0.2, 0.25) is 0 Å². The van der Waals surface area contributed by atoms with E-state index in [1.54, 1.807) is 0 Å². The van der Waals surface area contributed by atoms with Crippen LogP contribution in [0, 0.1) is 11.8 Å². The molecule has 148 valence electrons. The number of carbonyl (C=O) groups is 1. The van der Waals surface area contributed by atoms with Crippen molar-refractivity contribution in [1.29, 1.82) is 0 Å². The standard InChI is InChI=1S/C9H17NOS.C8H17N.CH3NOS.Na/c1-7(10-9(11)12)8-5-3-2-4-6-8;1-7(9)8-5-3-2-4-6-8;2-1(3)4;/h7-8H,2-6H2,1H3,(H2,10,11,12);7-8H,2-6,9H2,1H3;(H3,2,3,4);/q;;;+1/p-1. The van der Waals surface area contributed by atoms with E-state index in [1.165, 1.54) is 64.2 Å². The predicted molar refractivity (Wildman–Crippen MR) is 111 cm³/mol. The molecule has 0 aromatic carbocycles. The minimum absolute atomic E-state index is 0. The Kier molecular flexibility index (Phi) is 19.4. The number of thiocarbonyl (C=S) groups is 1. The second kappa shape index (κ2) is 17.6. The SMILES string of the molecule is CC(N)C1CCCCC1.CC(NC([O-])=S)C1CCCCC1.NC(=O)S.[Na+]. The summed E-state index contributed by atoms with van der Waals surface area (Å²) in [5, 5.41) is 12.4. The number of thiol groups is 1. The molecule has 26 heavy (non-hydrogen) atoms. The molecule has 0 radical (unpaired) electrons. The summed E-state index contributed by atoms with van der Waals surface area (Å²) >= 11 is 7.58. The summed E-state index contributed by atoms with van der Waals surface area (Å²) in [6.45, 7) is 4.19. The molecule has 0 aliphatic heterocycles. The largest absolute Gasteiger partial charge is 1.00 e. The average Bonchev–Trinajstić information content (AvgIpc) is 2.56. The normalized spacial score (nSPS) is 20.0. The minimum Gasteiger partial charge on any atom is -0.852 e. The summed E-state index contributed by atoms with van der Waals surface area (Å²) in [5.74, 6) is 1.49. The van der Waals surface area contributed by atoms with E-state index >= 15 is 0 Å². The summed E-state index contributed by atoms with van der Waals surface area (Å²) in [4.78, 5) is 9.09. The number of amides is 1. The summed E-state index contributed by atoms with van der Waals surface area (Å²) in [7, 11) is 0. The van der Waals surface area contributed by atoms with Gasteiger partial charge in [-0.3, -0.25) is 4.79 Å². The third-order valence-corrected chi connectivity index (χ3v) is 5.21. The van der Waals surface area contributed by atoms with Gasteiger partial charge < -0.3 is 21.9 Å². The zero-order chi connectivity index (χ0) is 19.2. The Balaban J connectivity index is 0. The maximum atomic E-state index is 10.6. The number of nitrogens with two attached hydrogens (primary N) is 2. The van der Waals surface area contributed by atoms with Gasteiger partial charge in [0.1, 0.15) is 0 Å². The predicted octanol–water partition coefficient (Wildman–Crippen LogP) is 0.103. The van der Waals surface area contributed by atoms with Gasteiger partial charge >= 0.3 is 29.6 Å². The van der Waals surface area contributed by atoms with Gasteiger partial charge in [0.2, 0.25) is 0 Å². The van der Waals surface area contributed by atoms with Crippen molar-refractivity contribution >= 4 is 35.3 Å². The zero-order valence-corrected chi connectivity index (χ0v) is 20.4. The van der Waals surface area contributed by atoms with Crippen molar-refractivity contribution in [3.63, 3.8) is 0 Å². The molecule has 2 atom stereocenters. The first-order valence-corrected chi connectivity index (χ1v) is 10.3. The number of hydrogen-bond acceptors (Lipinski definition) is 4. The molecule has 0 bridgehead atoms. The van der Waals surface area contributed by atoms with E-state index in [1.807, 2.05) is 0 Å². The van der Waals surface area contributed by atoms with Crippen molar-refractivity contribution in [3.8, 4) is 0 Å².